The molecule has 0 spiro atoms. The van der Waals surface area contributed by atoms with Gasteiger partial charge in [-0.15, -0.1) is 0 Å². The van der Waals surface area contributed by atoms with Gasteiger partial charge in [-0.2, -0.15) is 0 Å². The van der Waals surface area contributed by atoms with Crippen molar-refractivity contribution < 1.29 is 28.9 Å². The Kier molecular flexibility index (Phi) is 6.63. The fraction of sp³-hybridized carbons (Fsp3) is 0.333. The van der Waals surface area contributed by atoms with Gasteiger partial charge in [0, 0.05) is 29.3 Å². The maximum Gasteiger partial charge on any atom is 0.336 e. The molecule has 0 bridgehead atoms. The summed E-state index contributed by atoms with van der Waals surface area (Å²) in [4.78, 5) is 26.5. The Morgan fingerprint density at radius 3 is 2.35 bits per heavy atom. The number of hydrogen-bond acceptors (Lipinski definition) is 7. The fourth-order valence-corrected chi connectivity index (χ4v) is 4.86. The number of rotatable bonds is 6. The summed E-state index contributed by atoms with van der Waals surface area (Å²) in [6.07, 6.45) is 0.915. The van der Waals surface area contributed by atoms with Crippen molar-refractivity contribution >= 4 is 11.8 Å². The zero-order valence-electron chi connectivity index (χ0n) is 19.8. The van der Waals surface area contributed by atoms with E-state index in [0.29, 0.717) is 41.2 Å². The zero-order valence-corrected chi connectivity index (χ0v) is 19.8. The number of allylic oxidation sites excluding steroid dienone is 3. The molecule has 178 valence electrons. The molecule has 2 aromatic rings. The second-order valence-electron chi connectivity index (χ2n) is 8.44. The standard InChI is InChI=1S/C27H29NO6/c1-5-34-27(31)24-15(2)28-20-12-18(17-8-11-22(32-3)23(14-17)33-4)13-21(30)26(20)25(24)16-6-9-19(29)10-7-16/h6-11,14,18,25,28-29H,5,12-13H2,1-4H3/t18-,25-/m1/s1. The highest BCUT2D eigenvalue weighted by molar-refractivity contribution is 6.04. The van der Waals surface area contributed by atoms with E-state index in [4.69, 9.17) is 14.2 Å². The van der Waals surface area contributed by atoms with E-state index >= 15 is 0 Å². The maximum absolute atomic E-state index is 13.6. The minimum Gasteiger partial charge on any atom is -0.508 e. The Labute approximate surface area is 199 Å². The first-order chi connectivity index (χ1) is 16.4. The number of Topliss-reactive ketones (excluding diaryl/α,β-unsaturated/α-hetero) is 1. The van der Waals surface area contributed by atoms with Gasteiger partial charge in [0.2, 0.25) is 0 Å². The van der Waals surface area contributed by atoms with Gasteiger partial charge in [0.05, 0.1) is 26.4 Å². The van der Waals surface area contributed by atoms with Crippen molar-refractivity contribution in [2.24, 2.45) is 0 Å². The molecule has 0 amide bonds. The number of phenols is 1. The number of benzene rings is 2. The van der Waals surface area contributed by atoms with Gasteiger partial charge in [-0.05, 0) is 61.6 Å². The molecule has 0 saturated carbocycles. The molecule has 2 atom stereocenters. The van der Waals surface area contributed by atoms with E-state index < -0.39 is 11.9 Å². The molecule has 1 aliphatic heterocycles. The molecule has 0 radical (unpaired) electrons. The highest BCUT2D eigenvalue weighted by atomic mass is 16.5. The minimum atomic E-state index is -0.560. The molecule has 4 rings (SSSR count). The van der Waals surface area contributed by atoms with Crippen LogP contribution in [0.3, 0.4) is 0 Å². The Morgan fingerprint density at radius 1 is 1.03 bits per heavy atom. The number of phenolic OH excluding ortho intramolecular Hbond substituents is 1. The summed E-state index contributed by atoms with van der Waals surface area (Å²) in [6, 6.07) is 12.3. The Bertz CT molecular complexity index is 1180. The van der Waals surface area contributed by atoms with E-state index in [2.05, 4.69) is 5.32 Å². The summed E-state index contributed by atoms with van der Waals surface area (Å²) in [6.45, 7) is 3.82. The average molecular weight is 464 g/mol. The highest BCUT2D eigenvalue weighted by Crippen LogP contribution is 2.46. The number of esters is 1. The average Bonchev–Trinajstić information content (AvgIpc) is 2.83. The van der Waals surface area contributed by atoms with Crippen LogP contribution in [0, 0.1) is 0 Å². The first-order valence-corrected chi connectivity index (χ1v) is 11.3. The molecular weight excluding hydrogens is 434 g/mol. The van der Waals surface area contributed by atoms with Crippen molar-refractivity contribution in [2.75, 3.05) is 20.8 Å². The van der Waals surface area contributed by atoms with Gasteiger partial charge in [-0.25, -0.2) is 4.79 Å². The van der Waals surface area contributed by atoms with E-state index in [1.807, 2.05) is 25.1 Å². The summed E-state index contributed by atoms with van der Waals surface area (Å²) < 4.78 is 16.1. The fourth-order valence-electron chi connectivity index (χ4n) is 4.86. The van der Waals surface area contributed by atoms with Crippen LogP contribution in [0.5, 0.6) is 17.2 Å². The molecule has 2 aromatic carbocycles. The molecule has 2 N–H and O–H groups in total. The maximum atomic E-state index is 13.6. The van der Waals surface area contributed by atoms with Crippen LogP contribution < -0.4 is 14.8 Å². The third-order valence-corrected chi connectivity index (χ3v) is 6.43. The lowest BCUT2D eigenvalue weighted by Crippen LogP contribution is -2.36. The van der Waals surface area contributed by atoms with Gasteiger partial charge in [-0.1, -0.05) is 18.2 Å². The second kappa shape index (κ2) is 9.63. The number of methoxy groups -OCH3 is 2. The van der Waals surface area contributed by atoms with Crippen molar-refractivity contribution in [1.29, 1.82) is 0 Å². The zero-order chi connectivity index (χ0) is 24.4. The summed E-state index contributed by atoms with van der Waals surface area (Å²) in [5.41, 5.74) is 4.21. The predicted octanol–water partition coefficient (Wildman–Crippen LogP) is 4.33. The van der Waals surface area contributed by atoms with Crippen molar-refractivity contribution in [2.45, 2.75) is 38.5 Å². The van der Waals surface area contributed by atoms with Gasteiger partial charge in [-0.3, -0.25) is 4.79 Å². The summed E-state index contributed by atoms with van der Waals surface area (Å²) in [5, 5.41) is 13.1. The number of aromatic hydroxyl groups is 1. The van der Waals surface area contributed by atoms with Crippen LogP contribution in [0.25, 0.3) is 0 Å². The number of hydrogen-bond donors (Lipinski definition) is 2. The molecule has 34 heavy (non-hydrogen) atoms. The molecule has 7 heteroatoms. The van der Waals surface area contributed by atoms with Crippen LogP contribution in [0.1, 0.15) is 49.7 Å². The van der Waals surface area contributed by atoms with E-state index in [-0.39, 0.29) is 24.1 Å². The van der Waals surface area contributed by atoms with Crippen molar-refractivity contribution in [3.63, 3.8) is 0 Å². The molecule has 2 aliphatic rings. The van der Waals surface area contributed by atoms with Crippen molar-refractivity contribution in [3.8, 4) is 17.2 Å². The third-order valence-electron chi connectivity index (χ3n) is 6.43. The van der Waals surface area contributed by atoms with Crippen LogP contribution in [-0.4, -0.2) is 37.7 Å². The van der Waals surface area contributed by atoms with Crippen LogP contribution in [0.2, 0.25) is 0 Å². The smallest absolute Gasteiger partial charge is 0.336 e. The Balaban J connectivity index is 1.77. The minimum absolute atomic E-state index is 0.0269. The SMILES string of the molecule is CCOC(=O)C1=C(C)NC2=C(C(=O)C[C@H](c3ccc(OC)c(OC)c3)C2)[C@@H]1c1ccc(O)cc1. The lowest BCUT2D eigenvalue weighted by molar-refractivity contribution is -0.138. The van der Waals surface area contributed by atoms with Crippen LogP contribution in [0.15, 0.2) is 65.0 Å². The number of ketones is 1. The number of ether oxygens (including phenoxy) is 3. The molecule has 1 aliphatic carbocycles. The topological polar surface area (TPSA) is 94.1 Å². The van der Waals surface area contributed by atoms with Gasteiger partial charge >= 0.3 is 5.97 Å². The van der Waals surface area contributed by atoms with E-state index in [9.17, 15) is 14.7 Å². The Hall–Kier alpha value is -3.74. The van der Waals surface area contributed by atoms with Gasteiger partial charge in [0.25, 0.3) is 0 Å². The van der Waals surface area contributed by atoms with Crippen LogP contribution in [0.4, 0.5) is 0 Å². The lowest BCUT2D eigenvalue weighted by Gasteiger charge is -2.36. The van der Waals surface area contributed by atoms with Gasteiger partial charge < -0.3 is 24.6 Å². The first kappa shape index (κ1) is 23.4. The van der Waals surface area contributed by atoms with Crippen LogP contribution >= 0.6 is 0 Å². The molecule has 0 aromatic heterocycles. The third kappa shape index (κ3) is 4.25. The van der Waals surface area contributed by atoms with Gasteiger partial charge in [0.1, 0.15) is 5.75 Å². The molecule has 0 fully saturated rings. The summed E-state index contributed by atoms with van der Waals surface area (Å²) >= 11 is 0. The normalized spacial score (nSPS) is 19.9. The number of nitrogens with one attached hydrogen (secondary N) is 1. The number of carbonyl (C=O) groups is 2. The molecule has 7 nitrogen and oxygen atoms in total. The quantitative estimate of drug-likeness (QED) is 0.616. The monoisotopic (exact) mass is 463 g/mol. The summed E-state index contributed by atoms with van der Waals surface area (Å²) in [7, 11) is 3.18. The number of carbonyl (C=O) groups excluding carboxylic acids is 2. The molecule has 0 saturated heterocycles. The lowest BCUT2D eigenvalue weighted by atomic mass is 9.71. The van der Waals surface area contributed by atoms with Crippen molar-refractivity contribution in [3.05, 3.63) is 76.1 Å². The summed E-state index contributed by atoms with van der Waals surface area (Å²) in [5.74, 6) is 0.285. The molecule has 0 unspecified atom stereocenters. The first-order valence-electron chi connectivity index (χ1n) is 11.3. The van der Waals surface area contributed by atoms with Gasteiger partial charge in [0.15, 0.2) is 17.3 Å². The second-order valence-corrected chi connectivity index (χ2v) is 8.44. The van der Waals surface area contributed by atoms with Crippen LogP contribution in [-0.2, 0) is 14.3 Å². The molecular formula is C27H29NO6. The molecule has 1 heterocycles. The van der Waals surface area contributed by atoms with E-state index in [1.165, 1.54) is 0 Å². The largest absolute Gasteiger partial charge is 0.508 e. The predicted molar refractivity (Wildman–Crippen MR) is 127 cm³/mol. The highest BCUT2D eigenvalue weighted by Gasteiger charge is 2.41. The van der Waals surface area contributed by atoms with Crippen molar-refractivity contribution in [1.82, 2.24) is 5.32 Å². The van der Waals surface area contributed by atoms with E-state index in [0.717, 1.165) is 16.8 Å². The van der Waals surface area contributed by atoms with E-state index in [1.54, 1.807) is 45.4 Å². The Morgan fingerprint density at radius 2 is 1.71 bits per heavy atom. The number of dihydropyridines is 1.